The minimum Gasteiger partial charge on any atom is -0.369 e. The first-order chi connectivity index (χ1) is 14.2. The molecule has 0 bridgehead atoms. The second-order valence-corrected chi connectivity index (χ2v) is 8.42. The van der Waals surface area contributed by atoms with Crippen molar-refractivity contribution in [3.8, 4) is 0 Å². The maximum atomic E-state index is 13.2. The van der Waals surface area contributed by atoms with Crippen molar-refractivity contribution in [2.75, 3.05) is 28.7 Å². The number of nitrogens with zero attached hydrogens (tertiary/aromatic N) is 2. The van der Waals surface area contributed by atoms with E-state index in [1.54, 1.807) is 12.3 Å². The predicted octanol–water partition coefficient (Wildman–Crippen LogP) is 5.08. The molecule has 1 aromatic rings. The van der Waals surface area contributed by atoms with Crippen molar-refractivity contribution in [1.82, 2.24) is 4.98 Å². The molecule has 1 aromatic heterocycles. The van der Waals surface area contributed by atoms with Gasteiger partial charge in [0.25, 0.3) is 0 Å². The van der Waals surface area contributed by atoms with Gasteiger partial charge >= 0.3 is 0 Å². The summed E-state index contributed by atoms with van der Waals surface area (Å²) in [6.45, 7) is 5.92. The number of nitrogens with two attached hydrogens (primary N) is 1. The van der Waals surface area contributed by atoms with Crippen LogP contribution in [0.3, 0.4) is 0 Å². The fourth-order valence-electron chi connectivity index (χ4n) is 4.68. The van der Waals surface area contributed by atoms with E-state index < -0.39 is 0 Å². The third-order valence-electron chi connectivity index (χ3n) is 6.34. The van der Waals surface area contributed by atoms with E-state index in [4.69, 9.17) is 5.84 Å². The maximum absolute atomic E-state index is 13.2. The van der Waals surface area contributed by atoms with Crippen LogP contribution in [0.25, 0.3) is 6.08 Å². The van der Waals surface area contributed by atoms with E-state index in [2.05, 4.69) is 27.2 Å². The van der Waals surface area contributed by atoms with Gasteiger partial charge in [-0.15, -0.1) is 0 Å². The van der Waals surface area contributed by atoms with Crippen LogP contribution in [0.2, 0.25) is 0 Å². The summed E-state index contributed by atoms with van der Waals surface area (Å²) in [4.78, 5) is 20.0. The summed E-state index contributed by atoms with van der Waals surface area (Å²) in [6, 6.07) is 0. The normalized spacial score (nSPS) is 19.4. The number of aromatic nitrogens is 1. The molecule has 1 amide bonds. The number of piperidine rings is 1. The van der Waals surface area contributed by atoms with Crippen LogP contribution in [-0.2, 0) is 4.79 Å². The second-order valence-electron chi connectivity index (χ2n) is 8.42. The Kier molecular flexibility index (Phi) is 8.35. The lowest BCUT2D eigenvalue weighted by atomic mass is 9.91. The van der Waals surface area contributed by atoms with Gasteiger partial charge in [0, 0.05) is 24.6 Å². The number of rotatable bonds is 5. The molecule has 1 saturated carbocycles. The van der Waals surface area contributed by atoms with Crippen molar-refractivity contribution in [1.29, 1.82) is 0 Å². The van der Waals surface area contributed by atoms with Crippen molar-refractivity contribution in [3.63, 3.8) is 0 Å². The average molecular weight is 400 g/mol. The molecule has 6 heteroatoms. The van der Waals surface area contributed by atoms with Crippen molar-refractivity contribution >= 4 is 29.2 Å². The molecule has 0 atom stereocenters. The number of nitrogen functional groups attached to an aromatic ring is 1. The summed E-state index contributed by atoms with van der Waals surface area (Å²) < 4.78 is 0. The average Bonchev–Trinajstić information content (AvgIpc) is 2.77. The molecule has 2 aliphatic rings. The van der Waals surface area contributed by atoms with E-state index in [1.807, 2.05) is 0 Å². The third-order valence-corrected chi connectivity index (χ3v) is 6.34. The molecule has 1 saturated heterocycles. The smallest absolute Gasteiger partial charge is 0.227 e. The summed E-state index contributed by atoms with van der Waals surface area (Å²) in [7, 11) is 0. The molecule has 2 fully saturated rings. The van der Waals surface area contributed by atoms with E-state index in [0.29, 0.717) is 5.82 Å². The fraction of sp³-hybridized carbons (Fsp3) is 0.652. The summed E-state index contributed by atoms with van der Waals surface area (Å²) in [5.41, 5.74) is 5.31. The van der Waals surface area contributed by atoms with Gasteiger partial charge < -0.3 is 15.6 Å². The van der Waals surface area contributed by atoms with Crippen molar-refractivity contribution in [2.45, 2.75) is 77.0 Å². The highest BCUT2D eigenvalue weighted by atomic mass is 16.1. The lowest BCUT2D eigenvalue weighted by molar-refractivity contribution is -0.120. The van der Waals surface area contributed by atoms with Gasteiger partial charge in [-0.3, -0.25) is 4.79 Å². The molecule has 0 unspecified atom stereocenters. The largest absolute Gasteiger partial charge is 0.369 e. The van der Waals surface area contributed by atoms with Crippen LogP contribution in [-0.4, -0.2) is 24.0 Å². The number of hydrogen-bond acceptors (Lipinski definition) is 5. The second kappa shape index (κ2) is 11.2. The van der Waals surface area contributed by atoms with Gasteiger partial charge in [0.05, 0.1) is 17.6 Å². The van der Waals surface area contributed by atoms with Crippen LogP contribution < -0.4 is 21.5 Å². The molecule has 29 heavy (non-hydrogen) atoms. The standard InChI is InChI=1S/C23H37N5O/c1-2-19-21(28-15-11-8-12-16-28)20(17-25-22(19)27-24)26-23(29)18-13-9-6-4-3-5-7-10-14-18/h2,17-18H,1,3-16,24H2,(H,25,27)(H,26,29). The molecular weight excluding hydrogens is 362 g/mol. The highest BCUT2D eigenvalue weighted by Crippen LogP contribution is 2.36. The first-order valence-corrected chi connectivity index (χ1v) is 11.4. The Morgan fingerprint density at radius 2 is 1.62 bits per heavy atom. The van der Waals surface area contributed by atoms with Crippen LogP contribution in [0.4, 0.5) is 17.2 Å². The van der Waals surface area contributed by atoms with Crippen LogP contribution in [0.15, 0.2) is 12.8 Å². The molecule has 6 nitrogen and oxygen atoms in total. The van der Waals surface area contributed by atoms with Gasteiger partial charge in [-0.1, -0.05) is 57.6 Å². The van der Waals surface area contributed by atoms with Gasteiger partial charge in [0.15, 0.2) is 0 Å². The molecule has 0 aromatic carbocycles. The Balaban J connectivity index is 1.82. The van der Waals surface area contributed by atoms with E-state index in [0.717, 1.165) is 68.6 Å². The molecule has 160 valence electrons. The van der Waals surface area contributed by atoms with E-state index in [9.17, 15) is 4.79 Å². The molecule has 0 radical (unpaired) electrons. The Bertz CT molecular complexity index is 674. The maximum Gasteiger partial charge on any atom is 0.227 e. The van der Waals surface area contributed by atoms with Gasteiger partial charge in [0.1, 0.15) is 5.82 Å². The minimum absolute atomic E-state index is 0.0850. The number of nitrogens with one attached hydrogen (secondary N) is 2. The number of hydrazine groups is 1. The minimum atomic E-state index is 0.0850. The Labute approximate surface area is 175 Å². The molecule has 4 N–H and O–H groups in total. The zero-order chi connectivity index (χ0) is 20.5. The molecule has 1 aliphatic carbocycles. The number of hydrogen-bond donors (Lipinski definition) is 3. The lowest BCUT2D eigenvalue weighted by Crippen LogP contribution is -2.32. The monoisotopic (exact) mass is 399 g/mol. The highest BCUT2D eigenvalue weighted by Gasteiger charge is 2.24. The Hall–Kier alpha value is -2.08. The van der Waals surface area contributed by atoms with Gasteiger partial charge in [-0.05, 0) is 32.1 Å². The van der Waals surface area contributed by atoms with E-state index >= 15 is 0 Å². The summed E-state index contributed by atoms with van der Waals surface area (Å²) in [5.74, 6) is 6.50. The number of carbonyl (C=O) groups excluding carboxylic acids is 1. The van der Waals surface area contributed by atoms with Gasteiger partial charge in [-0.2, -0.15) is 0 Å². The zero-order valence-electron chi connectivity index (χ0n) is 17.7. The number of amides is 1. The number of anilines is 3. The summed E-state index contributed by atoms with van der Waals surface area (Å²) in [6.07, 6.45) is 17.7. The zero-order valence-corrected chi connectivity index (χ0v) is 17.7. The van der Waals surface area contributed by atoms with Gasteiger partial charge in [-0.25, -0.2) is 10.8 Å². The molecule has 0 spiro atoms. The topological polar surface area (TPSA) is 83.3 Å². The summed E-state index contributed by atoms with van der Waals surface area (Å²) in [5, 5.41) is 3.23. The van der Waals surface area contributed by atoms with Crippen LogP contribution in [0, 0.1) is 5.92 Å². The van der Waals surface area contributed by atoms with Crippen LogP contribution in [0.5, 0.6) is 0 Å². The molecular formula is C23H37N5O. The quantitative estimate of drug-likeness (QED) is 0.475. The molecule has 1 aliphatic heterocycles. The first-order valence-electron chi connectivity index (χ1n) is 11.4. The number of carbonyl (C=O) groups is 1. The predicted molar refractivity (Wildman–Crippen MR) is 122 cm³/mol. The lowest BCUT2D eigenvalue weighted by Gasteiger charge is -2.32. The fourth-order valence-corrected chi connectivity index (χ4v) is 4.68. The van der Waals surface area contributed by atoms with Crippen LogP contribution >= 0.6 is 0 Å². The SMILES string of the molecule is C=Cc1c(NN)ncc(NC(=O)C2CCCCCCCCC2)c1N1CCCCC1. The van der Waals surface area contributed by atoms with E-state index in [-0.39, 0.29) is 11.8 Å². The van der Waals surface area contributed by atoms with Crippen molar-refractivity contribution < 1.29 is 4.79 Å². The summed E-state index contributed by atoms with van der Waals surface area (Å²) >= 11 is 0. The first kappa shape index (κ1) is 21.6. The Morgan fingerprint density at radius 3 is 2.21 bits per heavy atom. The third kappa shape index (κ3) is 5.72. The van der Waals surface area contributed by atoms with Crippen LogP contribution in [0.1, 0.15) is 82.6 Å². The number of pyridine rings is 1. The Morgan fingerprint density at radius 1 is 1.03 bits per heavy atom. The van der Waals surface area contributed by atoms with Gasteiger partial charge in [0.2, 0.25) is 5.91 Å². The highest BCUT2D eigenvalue weighted by molar-refractivity contribution is 5.98. The van der Waals surface area contributed by atoms with E-state index in [1.165, 1.54) is 38.5 Å². The molecule has 3 rings (SSSR count). The molecule has 2 heterocycles. The van der Waals surface area contributed by atoms with Crippen molar-refractivity contribution in [2.24, 2.45) is 11.8 Å². The van der Waals surface area contributed by atoms with Crippen molar-refractivity contribution in [3.05, 3.63) is 18.3 Å².